The largest absolute Gasteiger partial charge is 0.427 e. The van der Waals surface area contributed by atoms with Crippen LogP contribution in [0.5, 0.6) is 5.75 Å². The zero-order valence-corrected chi connectivity index (χ0v) is 18.6. The Morgan fingerprint density at radius 3 is 2.65 bits per heavy atom. The molecule has 160 valence electrons. The van der Waals surface area contributed by atoms with Crippen LogP contribution in [0.2, 0.25) is 0 Å². The Hall–Kier alpha value is -2.92. The first-order valence-electron chi connectivity index (χ1n) is 11.3. The number of benzene rings is 2. The number of hydrogen-bond acceptors (Lipinski definition) is 3. The smallest absolute Gasteiger partial charge is 0.308 e. The van der Waals surface area contributed by atoms with Crippen LogP contribution in [0.3, 0.4) is 0 Å². The molecule has 0 radical (unpaired) electrons. The van der Waals surface area contributed by atoms with Gasteiger partial charge in [-0.15, -0.1) is 0 Å². The molecule has 5 nitrogen and oxygen atoms in total. The van der Waals surface area contributed by atoms with Crippen LogP contribution in [-0.4, -0.2) is 35.5 Å². The molecule has 2 aromatic heterocycles. The molecule has 5 heteroatoms. The number of fused-ring (bicyclic) bond motifs is 4. The maximum Gasteiger partial charge on any atom is 0.308 e. The predicted molar refractivity (Wildman–Crippen MR) is 125 cm³/mol. The molecule has 0 unspecified atom stereocenters. The minimum Gasteiger partial charge on any atom is -0.427 e. The summed E-state index contributed by atoms with van der Waals surface area (Å²) in [6, 6.07) is 8.07. The zero-order chi connectivity index (χ0) is 21.5. The van der Waals surface area contributed by atoms with Crippen molar-refractivity contribution in [3.05, 3.63) is 47.8 Å². The molecule has 0 aliphatic carbocycles. The van der Waals surface area contributed by atoms with Crippen molar-refractivity contribution in [2.45, 2.75) is 46.6 Å². The Morgan fingerprint density at radius 2 is 1.87 bits per heavy atom. The van der Waals surface area contributed by atoms with E-state index in [2.05, 4.69) is 46.8 Å². The molecule has 1 N–H and O–H groups in total. The third-order valence-electron chi connectivity index (χ3n) is 6.73. The van der Waals surface area contributed by atoms with Crippen molar-refractivity contribution < 1.29 is 14.1 Å². The fraction of sp³-hybridized carbons (Fsp3) is 0.385. The maximum atomic E-state index is 11.4. The predicted octanol–water partition coefficient (Wildman–Crippen LogP) is 4.79. The van der Waals surface area contributed by atoms with Gasteiger partial charge in [0.15, 0.2) is 18.9 Å². The Balaban J connectivity index is 1.59. The van der Waals surface area contributed by atoms with Crippen LogP contribution in [0, 0.1) is 13.8 Å². The van der Waals surface area contributed by atoms with E-state index in [0.717, 1.165) is 29.5 Å². The highest BCUT2D eigenvalue weighted by Gasteiger charge is 2.18. The molecule has 1 saturated heterocycles. The number of nitrogens with zero attached hydrogens (tertiary/aromatic N) is 2. The normalized spacial score (nSPS) is 15.2. The number of H-pyrrole nitrogens is 1. The Bertz CT molecular complexity index is 1300. The lowest BCUT2D eigenvalue weighted by Gasteiger charge is -2.24. The van der Waals surface area contributed by atoms with Gasteiger partial charge in [-0.05, 0) is 74.5 Å². The number of carbonyl (C=O) groups is 1. The van der Waals surface area contributed by atoms with E-state index in [1.54, 1.807) is 0 Å². The summed E-state index contributed by atoms with van der Waals surface area (Å²) in [6.45, 7) is 10.4. The molecule has 0 spiro atoms. The summed E-state index contributed by atoms with van der Waals surface area (Å²) in [6.07, 6.45) is 8.54. The highest BCUT2D eigenvalue weighted by molar-refractivity contribution is 6.16. The second-order valence-corrected chi connectivity index (χ2v) is 8.84. The Labute approximate surface area is 182 Å². The lowest BCUT2D eigenvalue weighted by molar-refractivity contribution is -0.695. The van der Waals surface area contributed by atoms with Crippen molar-refractivity contribution in [3.63, 3.8) is 0 Å². The van der Waals surface area contributed by atoms with Gasteiger partial charge in [-0.1, -0.05) is 6.42 Å². The van der Waals surface area contributed by atoms with Gasteiger partial charge in [0.1, 0.15) is 5.75 Å². The van der Waals surface area contributed by atoms with Crippen molar-refractivity contribution in [1.82, 2.24) is 9.88 Å². The molecule has 1 fully saturated rings. The van der Waals surface area contributed by atoms with E-state index in [1.165, 1.54) is 66.6 Å². The number of ether oxygens (including phenoxy) is 1. The summed E-state index contributed by atoms with van der Waals surface area (Å²) < 4.78 is 7.67. The quantitative estimate of drug-likeness (QED) is 0.296. The molecular weight excluding hydrogens is 386 g/mol. The third-order valence-corrected chi connectivity index (χ3v) is 6.73. The lowest BCUT2D eigenvalue weighted by atomic mass is 9.97. The molecule has 0 bridgehead atoms. The van der Waals surface area contributed by atoms with E-state index >= 15 is 0 Å². The average molecular weight is 417 g/mol. The maximum absolute atomic E-state index is 11.4. The molecular formula is C26H30N3O2+. The Morgan fingerprint density at radius 1 is 1.06 bits per heavy atom. The number of carbonyl (C=O) groups excluding carboxylic acids is 1. The molecule has 5 rings (SSSR count). The summed E-state index contributed by atoms with van der Waals surface area (Å²) >= 11 is 0. The SMILES string of the molecule is CC(=O)Oc1ccc2[nH]c3c(C)c4cc[n+](CCN5CCCCC5)cc4c(C)c3c2c1. The number of piperidine rings is 1. The second-order valence-electron chi connectivity index (χ2n) is 8.84. The van der Waals surface area contributed by atoms with E-state index in [-0.39, 0.29) is 5.97 Å². The van der Waals surface area contributed by atoms with Crippen LogP contribution < -0.4 is 9.30 Å². The summed E-state index contributed by atoms with van der Waals surface area (Å²) in [5.74, 6) is 0.287. The molecule has 0 atom stereocenters. The van der Waals surface area contributed by atoms with E-state index in [1.807, 2.05) is 18.2 Å². The minimum absolute atomic E-state index is 0.299. The van der Waals surface area contributed by atoms with Crippen molar-refractivity contribution in [3.8, 4) is 5.75 Å². The first-order valence-corrected chi connectivity index (χ1v) is 11.3. The number of pyridine rings is 1. The molecule has 0 amide bonds. The fourth-order valence-electron chi connectivity index (χ4n) is 5.08. The number of aryl methyl sites for hydroxylation is 2. The average Bonchev–Trinajstić information content (AvgIpc) is 3.15. The van der Waals surface area contributed by atoms with Crippen molar-refractivity contribution in [2.75, 3.05) is 19.6 Å². The van der Waals surface area contributed by atoms with Crippen molar-refractivity contribution in [1.29, 1.82) is 0 Å². The minimum atomic E-state index is -0.299. The number of rotatable bonds is 4. The van der Waals surface area contributed by atoms with Crippen molar-refractivity contribution in [2.24, 2.45) is 0 Å². The van der Waals surface area contributed by atoms with Gasteiger partial charge in [0.05, 0.1) is 12.1 Å². The van der Waals surface area contributed by atoms with Crippen molar-refractivity contribution >= 4 is 38.5 Å². The van der Waals surface area contributed by atoms with Gasteiger partial charge in [-0.3, -0.25) is 9.69 Å². The summed E-state index contributed by atoms with van der Waals surface area (Å²) in [5, 5.41) is 4.87. The highest BCUT2D eigenvalue weighted by Crippen LogP contribution is 2.37. The summed E-state index contributed by atoms with van der Waals surface area (Å²) in [4.78, 5) is 17.6. The molecule has 3 heterocycles. The monoisotopic (exact) mass is 416 g/mol. The zero-order valence-electron chi connectivity index (χ0n) is 18.6. The van der Waals surface area contributed by atoms with Gasteiger partial charge >= 0.3 is 5.97 Å². The van der Waals surface area contributed by atoms with Gasteiger partial charge in [-0.25, -0.2) is 4.57 Å². The number of esters is 1. The first-order chi connectivity index (χ1) is 15.0. The van der Waals surface area contributed by atoms with E-state index in [4.69, 9.17) is 4.74 Å². The molecule has 1 aliphatic rings. The number of nitrogens with one attached hydrogen (secondary N) is 1. The van der Waals surface area contributed by atoms with Crippen LogP contribution >= 0.6 is 0 Å². The Kier molecular flexibility index (Phi) is 5.14. The third kappa shape index (κ3) is 3.68. The van der Waals surface area contributed by atoms with Gasteiger partial charge in [-0.2, -0.15) is 0 Å². The molecule has 4 aromatic rings. The number of hydrogen-bond donors (Lipinski definition) is 1. The number of aromatic amines is 1. The molecule has 31 heavy (non-hydrogen) atoms. The summed E-state index contributed by atoms with van der Waals surface area (Å²) in [7, 11) is 0. The second kappa shape index (κ2) is 7.97. The van der Waals surface area contributed by atoms with Crippen LogP contribution in [0.25, 0.3) is 32.6 Å². The highest BCUT2D eigenvalue weighted by atomic mass is 16.5. The molecule has 2 aromatic carbocycles. The van der Waals surface area contributed by atoms with Crippen LogP contribution in [0.4, 0.5) is 0 Å². The van der Waals surface area contributed by atoms with Gasteiger partial charge in [0.2, 0.25) is 0 Å². The van der Waals surface area contributed by atoms with E-state index in [9.17, 15) is 4.79 Å². The summed E-state index contributed by atoms with van der Waals surface area (Å²) in [5.41, 5.74) is 4.73. The van der Waals surface area contributed by atoms with Gasteiger partial charge in [0, 0.05) is 34.7 Å². The van der Waals surface area contributed by atoms with Crippen LogP contribution in [0.15, 0.2) is 36.7 Å². The van der Waals surface area contributed by atoms with E-state index < -0.39 is 0 Å². The standard InChI is InChI=1S/C26H29N3O2/c1-17-23-16-29(14-13-28-10-5-4-6-11-28)12-9-21(23)18(2)26-25(17)22-15-20(31-19(3)30)7-8-24(22)27-26/h7-9,12,15-16H,4-6,10-11,13-14H2,1-3H3/p+1. The topological polar surface area (TPSA) is 49.2 Å². The van der Waals surface area contributed by atoms with Crippen LogP contribution in [0.1, 0.15) is 37.3 Å². The van der Waals surface area contributed by atoms with E-state index in [0.29, 0.717) is 5.75 Å². The molecule has 0 saturated carbocycles. The van der Waals surface area contributed by atoms with Gasteiger partial charge in [0.25, 0.3) is 0 Å². The first kappa shape index (κ1) is 20.0. The van der Waals surface area contributed by atoms with Gasteiger partial charge < -0.3 is 9.72 Å². The molecule has 1 aliphatic heterocycles. The van der Waals surface area contributed by atoms with Crippen LogP contribution in [-0.2, 0) is 11.3 Å². The fourth-order valence-corrected chi connectivity index (χ4v) is 5.08. The number of aromatic nitrogens is 2. The lowest BCUT2D eigenvalue weighted by Crippen LogP contribution is -2.41. The number of likely N-dealkylation sites (tertiary alicyclic amines) is 1.